The van der Waals surface area contributed by atoms with E-state index in [0.29, 0.717) is 29.3 Å². The van der Waals surface area contributed by atoms with Crippen molar-refractivity contribution in [1.82, 2.24) is 24.9 Å². The normalized spacial score (nSPS) is 22.7. The van der Waals surface area contributed by atoms with E-state index in [9.17, 15) is 0 Å². The number of benzene rings is 6. The van der Waals surface area contributed by atoms with Gasteiger partial charge in [-0.25, -0.2) is 24.9 Å². The van der Waals surface area contributed by atoms with Crippen molar-refractivity contribution in [2.45, 2.75) is 37.5 Å². The maximum atomic E-state index is 5.18. The highest BCUT2D eigenvalue weighted by molar-refractivity contribution is 5.94. The molecule has 2 aromatic heterocycles. The molecule has 0 amide bonds. The molecule has 4 bridgehead atoms. The van der Waals surface area contributed by atoms with Crippen LogP contribution in [0.2, 0.25) is 0 Å². The molecule has 0 N–H and O–H groups in total. The van der Waals surface area contributed by atoms with E-state index < -0.39 is 0 Å². The van der Waals surface area contributed by atoms with Crippen LogP contribution in [0.1, 0.15) is 43.2 Å². The molecule has 0 radical (unpaired) electrons. The fraction of sp³-hybridized carbons (Fsp3) is 0.196. The molecular weight excluding hydrogens is 683 g/mol. The van der Waals surface area contributed by atoms with Crippen molar-refractivity contribution in [1.29, 1.82) is 0 Å². The van der Waals surface area contributed by atoms with Gasteiger partial charge in [-0.2, -0.15) is 0 Å². The Morgan fingerprint density at radius 3 is 1.70 bits per heavy atom. The Balaban J connectivity index is 1.09. The number of nitrogens with zero attached hydrogens (tertiary/aromatic N) is 5. The maximum Gasteiger partial charge on any atom is 0.164 e. The lowest BCUT2D eigenvalue weighted by molar-refractivity contribution is -0.0399. The third-order valence-corrected chi connectivity index (χ3v) is 13.6. The molecule has 5 aliphatic rings. The summed E-state index contributed by atoms with van der Waals surface area (Å²) in [5.74, 6) is 5.11. The minimum atomic E-state index is 0.0854. The molecule has 8 aromatic rings. The average molecular weight is 722 g/mol. The van der Waals surface area contributed by atoms with Crippen molar-refractivity contribution >= 4 is 10.9 Å². The number of hydrogen-bond donors (Lipinski definition) is 0. The van der Waals surface area contributed by atoms with Gasteiger partial charge in [0.2, 0.25) is 0 Å². The maximum absolute atomic E-state index is 5.18. The average Bonchev–Trinajstić information content (AvgIpc) is 3.55. The van der Waals surface area contributed by atoms with Crippen molar-refractivity contribution < 1.29 is 0 Å². The second-order valence-corrected chi connectivity index (χ2v) is 16.6. The summed E-state index contributed by atoms with van der Waals surface area (Å²) in [5.41, 5.74) is 14.1. The lowest BCUT2D eigenvalue weighted by Crippen LogP contribution is -2.55. The topological polar surface area (TPSA) is 64.5 Å². The molecule has 2 heterocycles. The van der Waals surface area contributed by atoms with Crippen molar-refractivity contribution in [2.75, 3.05) is 0 Å². The quantitative estimate of drug-likeness (QED) is 0.177. The smallest absolute Gasteiger partial charge is 0.164 e. The first-order valence-corrected chi connectivity index (χ1v) is 20.2. The molecule has 0 unspecified atom stereocenters. The van der Waals surface area contributed by atoms with Crippen LogP contribution in [0.3, 0.4) is 0 Å². The van der Waals surface area contributed by atoms with Crippen LogP contribution in [0.5, 0.6) is 0 Å². The van der Waals surface area contributed by atoms with E-state index in [0.717, 1.165) is 56.2 Å². The van der Waals surface area contributed by atoms with Crippen molar-refractivity contribution in [3.8, 4) is 67.7 Å². The molecule has 1 spiro atoms. The Labute approximate surface area is 326 Å². The van der Waals surface area contributed by atoms with Gasteiger partial charge in [0, 0.05) is 33.1 Å². The zero-order chi connectivity index (χ0) is 36.8. The lowest BCUT2D eigenvalue weighted by atomic mass is 9.43. The summed E-state index contributed by atoms with van der Waals surface area (Å²) in [7, 11) is 0. The van der Waals surface area contributed by atoms with Crippen LogP contribution in [-0.4, -0.2) is 24.9 Å². The molecule has 56 heavy (non-hydrogen) atoms. The molecule has 13 rings (SSSR count). The summed E-state index contributed by atoms with van der Waals surface area (Å²) >= 11 is 0. The summed E-state index contributed by atoms with van der Waals surface area (Å²) in [5, 5.41) is 1.01. The number of hydrogen-bond acceptors (Lipinski definition) is 5. The Kier molecular flexibility index (Phi) is 7.04. The first kappa shape index (κ1) is 32.0. The molecule has 5 heteroatoms. The second kappa shape index (κ2) is 12.3. The van der Waals surface area contributed by atoms with Gasteiger partial charge in [0.1, 0.15) is 6.33 Å². The second-order valence-electron chi connectivity index (χ2n) is 16.6. The van der Waals surface area contributed by atoms with Gasteiger partial charge in [-0.15, -0.1) is 0 Å². The van der Waals surface area contributed by atoms with Crippen LogP contribution in [0, 0.1) is 23.7 Å². The standard InChI is InChI=1S/C51H39N5/c1-3-11-33(12-4-1)48-54-49(34-13-5-2-6-14-34)56-50(55-48)38-27-36(26-37(28-38)47-43-16-8-10-18-46(43)52-30-53-47)35-19-20-42-41-15-7-9-17-44(41)51(45(42)29-35)39-22-31-21-32(24-39)25-40(51)23-31/h1-20,26-32,39-40H,21-25H2. The Bertz CT molecular complexity index is 2740. The minimum absolute atomic E-state index is 0.0854. The van der Waals surface area contributed by atoms with E-state index >= 15 is 0 Å². The molecule has 6 aromatic carbocycles. The van der Waals surface area contributed by atoms with Crippen molar-refractivity contribution in [3.63, 3.8) is 0 Å². The predicted octanol–water partition coefficient (Wildman–Crippen LogP) is 11.9. The summed E-state index contributed by atoms with van der Waals surface area (Å²) < 4.78 is 0. The Morgan fingerprint density at radius 2 is 0.982 bits per heavy atom. The summed E-state index contributed by atoms with van der Waals surface area (Å²) in [6.45, 7) is 0. The lowest BCUT2D eigenvalue weighted by Gasteiger charge is -2.61. The van der Waals surface area contributed by atoms with Crippen molar-refractivity contribution in [2.24, 2.45) is 23.7 Å². The molecule has 0 aliphatic heterocycles. The summed E-state index contributed by atoms with van der Waals surface area (Å²) in [4.78, 5) is 24.9. The molecule has 4 fully saturated rings. The van der Waals surface area contributed by atoms with Gasteiger partial charge in [0.05, 0.1) is 11.2 Å². The first-order valence-electron chi connectivity index (χ1n) is 20.2. The first-order chi connectivity index (χ1) is 27.7. The molecular formula is C51H39N5. The van der Waals surface area contributed by atoms with Crippen LogP contribution in [0.15, 0.2) is 152 Å². The van der Waals surface area contributed by atoms with E-state index in [4.69, 9.17) is 19.9 Å². The van der Waals surface area contributed by atoms with Crippen LogP contribution in [-0.2, 0) is 5.41 Å². The van der Waals surface area contributed by atoms with Gasteiger partial charge in [-0.05, 0) is 119 Å². The van der Waals surface area contributed by atoms with Crippen LogP contribution >= 0.6 is 0 Å². The van der Waals surface area contributed by atoms with Gasteiger partial charge >= 0.3 is 0 Å². The molecule has 5 nitrogen and oxygen atoms in total. The van der Waals surface area contributed by atoms with E-state index in [1.165, 1.54) is 48.8 Å². The van der Waals surface area contributed by atoms with Crippen LogP contribution in [0.25, 0.3) is 78.6 Å². The largest absolute Gasteiger partial charge is 0.236 e. The summed E-state index contributed by atoms with van der Waals surface area (Å²) in [6, 6.07) is 52.1. The third-order valence-electron chi connectivity index (χ3n) is 13.6. The van der Waals surface area contributed by atoms with Gasteiger partial charge < -0.3 is 0 Å². The number of fused-ring (bicyclic) bond motifs is 4. The molecule has 5 aliphatic carbocycles. The van der Waals surface area contributed by atoms with Gasteiger partial charge in [0.25, 0.3) is 0 Å². The van der Waals surface area contributed by atoms with Gasteiger partial charge in [0.15, 0.2) is 17.5 Å². The predicted molar refractivity (Wildman–Crippen MR) is 223 cm³/mol. The molecule has 0 saturated heterocycles. The van der Waals surface area contributed by atoms with Gasteiger partial charge in [-0.3, -0.25) is 0 Å². The highest BCUT2D eigenvalue weighted by Crippen LogP contribution is 2.69. The Hall–Kier alpha value is -6.33. The number of rotatable bonds is 5. The minimum Gasteiger partial charge on any atom is -0.236 e. The number of para-hydroxylation sites is 1. The zero-order valence-corrected chi connectivity index (χ0v) is 31.0. The van der Waals surface area contributed by atoms with Crippen LogP contribution in [0.4, 0.5) is 0 Å². The fourth-order valence-electron chi connectivity index (χ4n) is 11.6. The Morgan fingerprint density at radius 1 is 0.411 bits per heavy atom. The van der Waals surface area contributed by atoms with E-state index in [-0.39, 0.29) is 5.41 Å². The van der Waals surface area contributed by atoms with E-state index in [1.807, 2.05) is 42.5 Å². The van der Waals surface area contributed by atoms with Crippen molar-refractivity contribution in [3.05, 3.63) is 163 Å². The third kappa shape index (κ3) is 4.83. The van der Waals surface area contributed by atoms with E-state index in [1.54, 1.807) is 17.5 Å². The number of aromatic nitrogens is 5. The molecule has 268 valence electrons. The highest BCUT2D eigenvalue weighted by atomic mass is 15.0. The van der Waals surface area contributed by atoms with E-state index in [2.05, 4.69) is 108 Å². The molecule has 4 saturated carbocycles. The van der Waals surface area contributed by atoms with Gasteiger partial charge in [-0.1, -0.05) is 115 Å². The fourth-order valence-corrected chi connectivity index (χ4v) is 11.6. The monoisotopic (exact) mass is 721 g/mol. The summed E-state index contributed by atoms with van der Waals surface area (Å²) in [6.07, 6.45) is 8.56. The zero-order valence-electron chi connectivity index (χ0n) is 31.0. The SMILES string of the molecule is c1ccc(-c2nc(-c3ccccc3)nc(-c3cc(-c4ccc5c(c4)C4(c6ccccc6-5)C5CC6CC(C5)CC4C6)cc(-c4ncnc5ccccc45)c3)n2)cc1. The molecule has 0 atom stereocenters. The highest BCUT2D eigenvalue weighted by Gasteiger charge is 2.61. The van der Waals surface area contributed by atoms with Crippen LogP contribution < -0.4 is 0 Å².